The topological polar surface area (TPSA) is 34.1 Å². The van der Waals surface area contributed by atoms with Gasteiger partial charge in [0.1, 0.15) is 5.75 Å². The summed E-state index contributed by atoms with van der Waals surface area (Å²) in [5.41, 5.74) is 3.04. The summed E-state index contributed by atoms with van der Waals surface area (Å²) in [6, 6.07) is 12.3. The Balaban J connectivity index is 2.03. The first-order valence-corrected chi connectivity index (χ1v) is 7.33. The van der Waals surface area contributed by atoms with Crippen LogP contribution >= 0.6 is 11.8 Å². The molecule has 0 amide bonds. The van der Waals surface area contributed by atoms with E-state index in [0.29, 0.717) is 6.54 Å². The Hall–Kier alpha value is -1.68. The van der Waals surface area contributed by atoms with Crippen molar-refractivity contribution < 1.29 is 4.74 Å². The van der Waals surface area contributed by atoms with Crippen molar-refractivity contribution in [2.45, 2.75) is 18.4 Å². The van der Waals surface area contributed by atoms with Crippen LogP contribution in [0.3, 0.4) is 0 Å². The van der Waals surface area contributed by atoms with Crippen LogP contribution in [0.4, 0.5) is 5.69 Å². The molecule has 0 bridgehead atoms. The van der Waals surface area contributed by atoms with E-state index in [9.17, 15) is 0 Å². The fourth-order valence-corrected chi connectivity index (χ4v) is 2.22. The van der Waals surface area contributed by atoms with Gasteiger partial charge in [-0.3, -0.25) is 4.98 Å². The lowest BCUT2D eigenvalue weighted by Crippen LogP contribution is -2.03. The number of anilines is 1. The number of pyridine rings is 1. The van der Waals surface area contributed by atoms with E-state index in [0.717, 1.165) is 22.8 Å². The average molecular weight is 274 g/mol. The number of nitrogens with zero attached hydrogens (tertiary/aromatic N) is 1. The van der Waals surface area contributed by atoms with Gasteiger partial charge in [-0.15, -0.1) is 11.8 Å². The number of hydrogen-bond acceptors (Lipinski definition) is 4. The maximum atomic E-state index is 5.25. The lowest BCUT2D eigenvalue weighted by Gasteiger charge is -2.09. The first kappa shape index (κ1) is 13.7. The average Bonchev–Trinajstić information content (AvgIpc) is 2.45. The Bertz CT molecular complexity index is 540. The molecule has 0 aliphatic heterocycles. The van der Waals surface area contributed by atoms with Crippen molar-refractivity contribution in [3.05, 3.63) is 47.8 Å². The van der Waals surface area contributed by atoms with Crippen LogP contribution in [0.2, 0.25) is 0 Å². The van der Waals surface area contributed by atoms with Gasteiger partial charge in [0.25, 0.3) is 0 Å². The van der Waals surface area contributed by atoms with Gasteiger partial charge in [-0.2, -0.15) is 0 Å². The molecule has 0 fully saturated rings. The van der Waals surface area contributed by atoms with Crippen molar-refractivity contribution in [2.24, 2.45) is 0 Å². The second kappa shape index (κ2) is 6.48. The Kier molecular flexibility index (Phi) is 4.68. The molecule has 3 nitrogen and oxygen atoms in total. The highest BCUT2D eigenvalue weighted by molar-refractivity contribution is 7.98. The molecule has 1 heterocycles. The molecular formula is C15H18N2OS. The second-order valence-corrected chi connectivity index (χ2v) is 5.10. The van der Waals surface area contributed by atoms with Gasteiger partial charge in [0.15, 0.2) is 0 Å². The molecule has 0 saturated heterocycles. The molecule has 100 valence electrons. The van der Waals surface area contributed by atoms with Gasteiger partial charge >= 0.3 is 0 Å². The molecule has 1 aromatic heterocycles. The number of methoxy groups -OCH3 is 1. The fourth-order valence-electron chi connectivity index (χ4n) is 1.81. The number of hydrogen-bond donors (Lipinski definition) is 1. The van der Waals surface area contributed by atoms with E-state index in [1.807, 2.05) is 19.1 Å². The van der Waals surface area contributed by atoms with E-state index in [1.165, 1.54) is 4.90 Å². The van der Waals surface area contributed by atoms with E-state index in [1.54, 1.807) is 18.9 Å². The van der Waals surface area contributed by atoms with E-state index in [2.05, 4.69) is 40.8 Å². The van der Waals surface area contributed by atoms with E-state index in [-0.39, 0.29) is 0 Å². The predicted octanol–water partition coefficient (Wildman–Crippen LogP) is 3.73. The minimum atomic E-state index is 0.691. The van der Waals surface area contributed by atoms with Crippen LogP contribution in [0.15, 0.2) is 41.3 Å². The molecule has 0 unspecified atom stereocenters. The highest BCUT2D eigenvalue weighted by atomic mass is 32.2. The zero-order chi connectivity index (χ0) is 13.7. The highest BCUT2D eigenvalue weighted by Gasteiger charge is 2.01. The fraction of sp³-hybridized carbons (Fsp3) is 0.267. The van der Waals surface area contributed by atoms with E-state index >= 15 is 0 Å². The molecule has 1 N–H and O–H groups in total. The number of aryl methyl sites for hydroxylation is 1. The first-order chi connectivity index (χ1) is 9.21. The molecule has 0 radical (unpaired) electrons. The lowest BCUT2D eigenvalue weighted by atomic mass is 10.2. The number of nitrogens with one attached hydrogen (secondary N) is 1. The standard InChI is InChI=1S/C15H18N2OS/c1-11-8-14(18-2)9-13(17-11)10-16-12-4-6-15(19-3)7-5-12/h4-9,16H,10H2,1-3H3. The molecule has 0 aliphatic rings. The molecule has 4 heteroatoms. The summed E-state index contributed by atoms with van der Waals surface area (Å²) < 4.78 is 5.25. The van der Waals surface area contributed by atoms with Crippen LogP contribution in [-0.4, -0.2) is 18.3 Å². The molecule has 1 aromatic carbocycles. The van der Waals surface area contributed by atoms with E-state index < -0.39 is 0 Å². The minimum absolute atomic E-state index is 0.691. The molecule has 19 heavy (non-hydrogen) atoms. The van der Waals surface area contributed by atoms with Crippen LogP contribution < -0.4 is 10.1 Å². The Morgan fingerprint density at radius 3 is 2.58 bits per heavy atom. The van der Waals surface area contributed by atoms with Crippen molar-refractivity contribution in [3.63, 3.8) is 0 Å². The van der Waals surface area contributed by atoms with Gasteiger partial charge in [0.2, 0.25) is 0 Å². The molecule has 0 spiro atoms. The third kappa shape index (κ3) is 3.89. The largest absolute Gasteiger partial charge is 0.497 e. The first-order valence-electron chi connectivity index (χ1n) is 6.11. The number of aromatic nitrogens is 1. The zero-order valence-corrected chi connectivity index (χ0v) is 12.3. The molecule has 0 saturated carbocycles. The van der Waals surface area contributed by atoms with Gasteiger partial charge in [0, 0.05) is 28.4 Å². The molecular weight excluding hydrogens is 256 g/mol. The smallest absolute Gasteiger partial charge is 0.122 e. The molecule has 2 aromatic rings. The maximum absolute atomic E-state index is 5.25. The van der Waals surface area contributed by atoms with Crippen LogP contribution in [-0.2, 0) is 6.54 Å². The Morgan fingerprint density at radius 2 is 1.95 bits per heavy atom. The SMILES string of the molecule is COc1cc(C)nc(CNc2ccc(SC)cc2)c1. The summed E-state index contributed by atoms with van der Waals surface area (Å²) in [6.07, 6.45) is 2.07. The van der Waals surface area contributed by atoms with Gasteiger partial charge in [-0.25, -0.2) is 0 Å². The third-order valence-corrected chi connectivity index (χ3v) is 3.52. The normalized spacial score (nSPS) is 10.3. The van der Waals surface area contributed by atoms with Crippen LogP contribution in [0.25, 0.3) is 0 Å². The third-order valence-electron chi connectivity index (χ3n) is 2.78. The van der Waals surface area contributed by atoms with Gasteiger partial charge in [-0.1, -0.05) is 0 Å². The van der Waals surface area contributed by atoms with Crippen LogP contribution in [0.5, 0.6) is 5.75 Å². The van der Waals surface area contributed by atoms with E-state index in [4.69, 9.17) is 4.74 Å². The summed E-state index contributed by atoms with van der Waals surface area (Å²) >= 11 is 1.74. The van der Waals surface area contributed by atoms with Crippen molar-refractivity contribution in [3.8, 4) is 5.75 Å². The summed E-state index contributed by atoms with van der Waals surface area (Å²) in [5.74, 6) is 0.849. The van der Waals surface area contributed by atoms with Gasteiger partial charge in [0.05, 0.1) is 19.3 Å². The van der Waals surface area contributed by atoms with Gasteiger partial charge in [-0.05, 0) is 37.4 Å². The van der Waals surface area contributed by atoms with Crippen molar-refractivity contribution in [1.29, 1.82) is 0 Å². The minimum Gasteiger partial charge on any atom is -0.497 e. The quantitative estimate of drug-likeness (QED) is 0.842. The van der Waals surface area contributed by atoms with Gasteiger partial charge < -0.3 is 10.1 Å². The van der Waals surface area contributed by atoms with Crippen LogP contribution in [0, 0.1) is 6.92 Å². The zero-order valence-electron chi connectivity index (χ0n) is 11.4. The summed E-state index contributed by atoms with van der Waals surface area (Å²) in [4.78, 5) is 5.75. The maximum Gasteiger partial charge on any atom is 0.122 e. The summed E-state index contributed by atoms with van der Waals surface area (Å²) in [7, 11) is 1.67. The van der Waals surface area contributed by atoms with Crippen molar-refractivity contribution in [1.82, 2.24) is 4.98 Å². The molecule has 2 rings (SSSR count). The monoisotopic (exact) mass is 274 g/mol. The number of rotatable bonds is 5. The number of benzene rings is 1. The predicted molar refractivity (Wildman–Crippen MR) is 81.1 cm³/mol. The van der Waals surface area contributed by atoms with Crippen molar-refractivity contribution >= 4 is 17.4 Å². The lowest BCUT2D eigenvalue weighted by molar-refractivity contribution is 0.413. The second-order valence-electron chi connectivity index (χ2n) is 4.22. The number of ether oxygens (including phenoxy) is 1. The number of thioether (sulfide) groups is 1. The van der Waals surface area contributed by atoms with Crippen LogP contribution in [0.1, 0.15) is 11.4 Å². The van der Waals surface area contributed by atoms with Crippen molar-refractivity contribution in [2.75, 3.05) is 18.7 Å². The summed E-state index contributed by atoms with van der Waals surface area (Å²) in [6.45, 7) is 2.66. The summed E-state index contributed by atoms with van der Waals surface area (Å²) in [5, 5.41) is 3.36. The molecule has 0 atom stereocenters. The Morgan fingerprint density at radius 1 is 1.21 bits per heavy atom. The highest BCUT2D eigenvalue weighted by Crippen LogP contribution is 2.18. The molecule has 0 aliphatic carbocycles. The Labute approximate surface area is 118 Å².